The monoisotopic (exact) mass is 408 g/mol. The van der Waals surface area contributed by atoms with Crippen LogP contribution in [0.4, 0.5) is 5.13 Å². The highest BCUT2D eigenvalue weighted by molar-refractivity contribution is 9.10. The van der Waals surface area contributed by atoms with E-state index in [-0.39, 0.29) is 5.91 Å². The maximum Gasteiger partial charge on any atom is 0.257 e. The lowest BCUT2D eigenvalue weighted by Crippen LogP contribution is -2.11. The van der Waals surface area contributed by atoms with Gasteiger partial charge in [0, 0.05) is 10.0 Å². The number of carbonyl (C=O) groups excluding carboxylic acids is 1. The zero-order chi connectivity index (χ0) is 17.2. The van der Waals surface area contributed by atoms with Crippen molar-refractivity contribution in [1.29, 1.82) is 0 Å². The van der Waals surface area contributed by atoms with Crippen LogP contribution in [0.25, 0.3) is 21.3 Å². The van der Waals surface area contributed by atoms with Crippen LogP contribution in [0.1, 0.15) is 10.4 Å². The van der Waals surface area contributed by atoms with Crippen LogP contribution >= 0.6 is 27.3 Å². The Hall–Kier alpha value is -2.50. The quantitative estimate of drug-likeness (QED) is 0.453. The van der Waals surface area contributed by atoms with Gasteiger partial charge in [-0.2, -0.15) is 0 Å². The minimum absolute atomic E-state index is 0.155. The number of fused-ring (bicyclic) bond motifs is 1. The molecule has 0 atom stereocenters. The zero-order valence-corrected chi connectivity index (χ0v) is 15.5. The summed E-state index contributed by atoms with van der Waals surface area (Å²) in [6.07, 6.45) is 0. The van der Waals surface area contributed by atoms with Crippen LogP contribution in [0.15, 0.2) is 77.3 Å². The van der Waals surface area contributed by atoms with Gasteiger partial charge in [-0.3, -0.25) is 10.1 Å². The Morgan fingerprint density at radius 2 is 1.64 bits per heavy atom. The molecule has 4 rings (SSSR count). The van der Waals surface area contributed by atoms with Gasteiger partial charge in [-0.15, -0.1) is 0 Å². The van der Waals surface area contributed by atoms with Crippen molar-refractivity contribution in [3.63, 3.8) is 0 Å². The minimum atomic E-state index is -0.155. The van der Waals surface area contributed by atoms with Crippen molar-refractivity contribution in [2.24, 2.45) is 0 Å². The first-order valence-electron chi connectivity index (χ1n) is 7.72. The summed E-state index contributed by atoms with van der Waals surface area (Å²) in [7, 11) is 0. The summed E-state index contributed by atoms with van der Waals surface area (Å²) in [6.45, 7) is 0. The van der Waals surface area contributed by atoms with Crippen molar-refractivity contribution < 1.29 is 4.79 Å². The second kappa shape index (κ2) is 6.78. The number of nitrogens with zero attached hydrogens (tertiary/aromatic N) is 1. The molecular weight excluding hydrogens is 396 g/mol. The second-order valence-electron chi connectivity index (χ2n) is 5.53. The summed E-state index contributed by atoms with van der Waals surface area (Å²) >= 11 is 4.91. The molecular formula is C20H13BrN2OS. The third-order valence-corrected chi connectivity index (χ3v) is 5.25. The van der Waals surface area contributed by atoms with Crippen molar-refractivity contribution in [3.8, 4) is 11.1 Å². The molecule has 1 heterocycles. The summed E-state index contributed by atoms with van der Waals surface area (Å²) in [5.74, 6) is -0.155. The number of amides is 1. The standard InChI is InChI=1S/C20H13BrN2OS/c21-16-10-11-17-18(12-16)25-20(22-17)23-19(24)15-8-6-14(7-9-15)13-4-2-1-3-5-13/h1-12H,(H,22,23,24). The predicted molar refractivity (Wildman–Crippen MR) is 107 cm³/mol. The maximum atomic E-state index is 12.5. The Morgan fingerprint density at radius 3 is 2.40 bits per heavy atom. The van der Waals surface area contributed by atoms with E-state index in [1.54, 1.807) is 0 Å². The second-order valence-corrected chi connectivity index (χ2v) is 7.47. The first-order valence-corrected chi connectivity index (χ1v) is 9.33. The van der Waals surface area contributed by atoms with E-state index in [2.05, 4.69) is 26.2 Å². The Morgan fingerprint density at radius 1 is 0.920 bits per heavy atom. The minimum Gasteiger partial charge on any atom is -0.298 e. The number of anilines is 1. The molecule has 0 saturated carbocycles. The average Bonchev–Trinajstić information content (AvgIpc) is 3.04. The molecule has 0 unspecified atom stereocenters. The first-order chi connectivity index (χ1) is 12.2. The van der Waals surface area contributed by atoms with E-state index in [1.807, 2.05) is 72.8 Å². The van der Waals surface area contributed by atoms with Gasteiger partial charge in [-0.25, -0.2) is 4.98 Å². The van der Waals surface area contributed by atoms with E-state index in [9.17, 15) is 4.79 Å². The average molecular weight is 409 g/mol. The van der Waals surface area contributed by atoms with Crippen LogP contribution in [0, 0.1) is 0 Å². The Balaban J connectivity index is 1.54. The highest BCUT2D eigenvalue weighted by Gasteiger charge is 2.10. The smallest absolute Gasteiger partial charge is 0.257 e. The van der Waals surface area contributed by atoms with E-state index in [1.165, 1.54) is 11.3 Å². The maximum absolute atomic E-state index is 12.5. The van der Waals surface area contributed by atoms with E-state index in [0.717, 1.165) is 25.8 Å². The van der Waals surface area contributed by atoms with Gasteiger partial charge in [-0.05, 0) is 41.5 Å². The molecule has 0 spiro atoms. The van der Waals surface area contributed by atoms with Gasteiger partial charge in [0.2, 0.25) is 0 Å². The molecule has 0 aliphatic carbocycles. The van der Waals surface area contributed by atoms with Crippen LogP contribution in [0.2, 0.25) is 0 Å². The van der Waals surface area contributed by atoms with Crippen LogP contribution in [-0.4, -0.2) is 10.9 Å². The Bertz CT molecular complexity index is 1040. The third-order valence-electron chi connectivity index (χ3n) is 3.83. The number of carbonyl (C=O) groups is 1. The molecule has 3 aromatic carbocycles. The van der Waals surface area contributed by atoms with Crippen LogP contribution in [0.5, 0.6) is 0 Å². The fraction of sp³-hybridized carbons (Fsp3) is 0. The van der Waals surface area contributed by atoms with E-state index >= 15 is 0 Å². The molecule has 0 fully saturated rings. The predicted octanol–water partition coefficient (Wildman–Crippen LogP) is 5.98. The summed E-state index contributed by atoms with van der Waals surface area (Å²) in [5.41, 5.74) is 3.70. The number of hydrogen-bond acceptors (Lipinski definition) is 3. The van der Waals surface area contributed by atoms with Gasteiger partial charge in [0.15, 0.2) is 5.13 Å². The molecule has 3 nitrogen and oxygen atoms in total. The SMILES string of the molecule is O=C(Nc1nc2ccc(Br)cc2s1)c1ccc(-c2ccccc2)cc1. The van der Waals surface area contributed by atoms with Crippen LogP contribution in [-0.2, 0) is 0 Å². The number of thiazole rings is 1. The third kappa shape index (κ3) is 3.48. The summed E-state index contributed by atoms with van der Waals surface area (Å²) in [5, 5.41) is 3.48. The fourth-order valence-corrected chi connectivity index (χ4v) is 3.98. The number of hydrogen-bond donors (Lipinski definition) is 1. The molecule has 5 heteroatoms. The van der Waals surface area contributed by atoms with Crippen molar-refractivity contribution in [3.05, 3.63) is 82.8 Å². The fourth-order valence-electron chi connectivity index (χ4n) is 2.57. The largest absolute Gasteiger partial charge is 0.298 e. The lowest BCUT2D eigenvalue weighted by atomic mass is 10.0. The number of aromatic nitrogens is 1. The number of rotatable bonds is 3. The molecule has 0 saturated heterocycles. The van der Waals surface area contributed by atoms with Gasteiger partial charge < -0.3 is 0 Å². The van der Waals surface area contributed by atoms with Gasteiger partial charge in [0.25, 0.3) is 5.91 Å². The number of benzene rings is 3. The molecule has 122 valence electrons. The number of nitrogens with one attached hydrogen (secondary N) is 1. The van der Waals surface area contributed by atoms with Crippen molar-refractivity contribution in [2.45, 2.75) is 0 Å². The lowest BCUT2D eigenvalue weighted by molar-refractivity contribution is 0.102. The normalized spacial score (nSPS) is 10.8. The summed E-state index contributed by atoms with van der Waals surface area (Å²) in [4.78, 5) is 16.9. The van der Waals surface area contributed by atoms with Crippen molar-refractivity contribution in [1.82, 2.24) is 4.98 Å². The molecule has 1 aromatic heterocycles. The molecule has 1 N–H and O–H groups in total. The Kier molecular flexibility index (Phi) is 4.34. The van der Waals surface area contributed by atoms with Gasteiger partial charge in [0.1, 0.15) is 0 Å². The van der Waals surface area contributed by atoms with Crippen molar-refractivity contribution in [2.75, 3.05) is 5.32 Å². The van der Waals surface area contributed by atoms with Crippen molar-refractivity contribution >= 4 is 48.5 Å². The molecule has 25 heavy (non-hydrogen) atoms. The molecule has 0 bridgehead atoms. The molecule has 0 aliphatic rings. The topological polar surface area (TPSA) is 42.0 Å². The summed E-state index contributed by atoms with van der Waals surface area (Å²) in [6, 6.07) is 23.5. The van der Waals surface area contributed by atoms with Crippen LogP contribution in [0.3, 0.4) is 0 Å². The first kappa shape index (κ1) is 16.0. The molecule has 4 aromatic rings. The van der Waals surface area contributed by atoms with E-state index in [0.29, 0.717) is 10.7 Å². The summed E-state index contributed by atoms with van der Waals surface area (Å²) < 4.78 is 2.03. The van der Waals surface area contributed by atoms with Gasteiger partial charge in [0.05, 0.1) is 10.2 Å². The lowest BCUT2D eigenvalue weighted by Gasteiger charge is -2.04. The van der Waals surface area contributed by atoms with Gasteiger partial charge >= 0.3 is 0 Å². The highest BCUT2D eigenvalue weighted by Crippen LogP contribution is 2.29. The molecule has 1 amide bonds. The highest BCUT2D eigenvalue weighted by atomic mass is 79.9. The van der Waals surface area contributed by atoms with Gasteiger partial charge in [-0.1, -0.05) is 69.7 Å². The zero-order valence-electron chi connectivity index (χ0n) is 13.1. The molecule has 0 aliphatic heterocycles. The van der Waals surface area contributed by atoms with E-state index < -0.39 is 0 Å². The Labute approximate surface area is 157 Å². The number of halogens is 1. The molecule has 0 radical (unpaired) electrons. The van der Waals surface area contributed by atoms with Crippen LogP contribution < -0.4 is 5.32 Å². The van der Waals surface area contributed by atoms with E-state index in [4.69, 9.17) is 0 Å².